The van der Waals surface area contributed by atoms with Gasteiger partial charge in [0.25, 0.3) is 0 Å². The molecule has 0 aliphatic heterocycles. The van der Waals surface area contributed by atoms with Gasteiger partial charge in [-0.2, -0.15) is 11.3 Å². The molecule has 78 valence electrons. The first-order valence-electron chi connectivity index (χ1n) is 4.64. The standard InChI is InChI=1S/C12H11FOS/c1-8-6-9(2-3-11(8)13)12(14)10-4-5-15-7-10/h2-7,12,14H,1H3. The predicted molar refractivity (Wildman–Crippen MR) is 59.5 cm³/mol. The Morgan fingerprint density at radius 3 is 2.67 bits per heavy atom. The lowest BCUT2D eigenvalue weighted by atomic mass is 10.0. The maximum absolute atomic E-state index is 13.0. The number of halogens is 1. The van der Waals surface area contributed by atoms with Crippen molar-refractivity contribution in [2.75, 3.05) is 0 Å². The number of hydrogen-bond acceptors (Lipinski definition) is 2. The highest BCUT2D eigenvalue weighted by molar-refractivity contribution is 7.07. The second-order valence-electron chi connectivity index (χ2n) is 3.47. The Bertz CT molecular complexity index is 451. The SMILES string of the molecule is Cc1cc(C(O)c2ccsc2)ccc1F. The van der Waals surface area contributed by atoms with E-state index < -0.39 is 6.10 Å². The molecule has 3 heteroatoms. The normalized spacial score (nSPS) is 12.7. The zero-order chi connectivity index (χ0) is 10.8. The van der Waals surface area contributed by atoms with Crippen molar-refractivity contribution >= 4 is 11.3 Å². The maximum Gasteiger partial charge on any atom is 0.126 e. The summed E-state index contributed by atoms with van der Waals surface area (Å²) in [7, 11) is 0. The highest BCUT2D eigenvalue weighted by Crippen LogP contribution is 2.24. The van der Waals surface area contributed by atoms with Crippen LogP contribution in [-0.2, 0) is 0 Å². The number of aliphatic hydroxyl groups excluding tert-OH is 1. The molecule has 1 heterocycles. The fraction of sp³-hybridized carbons (Fsp3) is 0.167. The van der Waals surface area contributed by atoms with Gasteiger partial charge in [0.15, 0.2) is 0 Å². The third-order valence-corrected chi connectivity index (χ3v) is 3.06. The predicted octanol–water partition coefficient (Wildman–Crippen LogP) is 3.28. The Balaban J connectivity index is 2.34. The molecule has 15 heavy (non-hydrogen) atoms. The van der Waals surface area contributed by atoms with Crippen LogP contribution in [0.1, 0.15) is 22.8 Å². The van der Waals surface area contributed by atoms with E-state index in [-0.39, 0.29) is 5.82 Å². The first-order chi connectivity index (χ1) is 7.18. The van der Waals surface area contributed by atoms with Crippen LogP contribution in [0.3, 0.4) is 0 Å². The lowest BCUT2D eigenvalue weighted by Crippen LogP contribution is -1.99. The molecule has 0 saturated carbocycles. The van der Waals surface area contributed by atoms with Crippen molar-refractivity contribution in [2.24, 2.45) is 0 Å². The molecule has 2 aromatic rings. The Kier molecular flexibility index (Phi) is 2.84. The Morgan fingerprint density at radius 1 is 1.27 bits per heavy atom. The van der Waals surface area contributed by atoms with Crippen LogP contribution in [0.5, 0.6) is 0 Å². The summed E-state index contributed by atoms with van der Waals surface area (Å²) in [6, 6.07) is 6.55. The molecule has 1 unspecified atom stereocenters. The first kappa shape index (κ1) is 10.3. The summed E-state index contributed by atoms with van der Waals surface area (Å²) in [5.74, 6) is -0.240. The van der Waals surface area contributed by atoms with Crippen molar-refractivity contribution in [3.63, 3.8) is 0 Å². The Labute approximate surface area is 91.8 Å². The van der Waals surface area contributed by atoms with Gasteiger partial charge in [0.05, 0.1) is 0 Å². The largest absolute Gasteiger partial charge is 0.384 e. The number of aryl methyl sites for hydroxylation is 1. The van der Waals surface area contributed by atoms with Crippen molar-refractivity contribution in [2.45, 2.75) is 13.0 Å². The summed E-state index contributed by atoms with van der Waals surface area (Å²) in [6.45, 7) is 1.69. The van der Waals surface area contributed by atoms with Gasteiger partial charge in [0.2, 0.25) is 0 Å². The molecule has 1 atom stereocenters. The van der Waals surface area contributed by atoms with Crippen molar-refractivity contribution in [1.82, 2.24) is 0 Å². The van der Waals surface area contributed by atoms with E-state index in [1.54, 1.807) is 19.1 Å². The van der Waals surface area contributed by atoms with Crippen LogP contribution in [0.25, 0.3) is 0 Å². The summed E-state index contributed by atoms with van der Waals surface area (Å²) in [5, 5.41) is 13.8. The van der Waals surface area contributed by atoms with Gasteiger partial charge in [0, 0.05) is 0 Å². The molecule has 0 saturated heterocycles. The van der Waals surface area contributed by atoms with E-state index in [0.717, 1.165) is 11.1 Å². The minimum atomic E-state index is -0.657. The summed E-state index contributed by atoms with van der Waals surface area (Å²) in [5.41, 5.74) is 2.14. The summed E-state index contributed by atoms with van der Waals surface area (Å²) in [6.07, 6.45) is -0.657. The van der Waals surface area contributed by atoms with Gasteiger partial charge in [-0.15, -0.1) is 0 Å². The van der Waals surface area contributed by atoms with Crippen molar-refractivity contribution in [1.29, 1.82) is 0 Å². The van der Waals surface area contributed by atoms with E-state index >= 15 is 0 Å². The minimum Gasteiger partial charge on any atom is -0.384 e. The van der Waals surface area contributed by atoms with Crippen molar-refractivity contribution in [3.8, 4) is 0 Å². The molecule has 0 spiro atoms. The quantitative estimate of drug-likeness (QED) is 0.826. The lowest BCUT2D eigenvalue weighted by Gasteiger charge is -2.10. The van der Waals surface area contributed by atoms with Gasteiger partial charge in [-0.25, -0.2) is 4.39 Å². The molecule has 0 bridgehead atoms. The molecule has 0 radical (unpaired) electrons. The lowest BCUT2D eigenvalue weighted by molar-refractivity contribution is 0.220. The third kappa shape index (κ3) is 2.08. The Morgan fingerprint density at radius 2 is 2.07 bits per heavy atom. The second kappa shape index (κ2) is 4.13. The molecule has 1 aromatic heterocycles. The molecular formula is C12H11FOS. The number of hydrogen-bond donors (Lipinski definition) is 1. The molecule has 0 amide bonds. The van der Waals surface area contributed by atoms with E-state index in [9.17, 15) is 9.50 Å². The molecule has 1 aromatic carbocycles. The molecule has 1 nitrogen and oxygen atoms in total. The molecule has 2 rings (SSSR count). The van der Waals surface area contributed by atoms with E-state index in [2.05, 4.69) is 0 Å². The van der Waals surface area contributed by atoms with Gasteiger partial charge in [-0.1, -0.05) is 12.1 Å². The smallest absolute Gasteiger partial charge is 0.126 e. The average Bonchev–Trinajstić information content (AvgIpc) is 2.74. The maximum atomic E-state index is 13.0. The highest BCUT2D eigenvalue weighted by atomic mass is 32.1. The minimum absolute atomic E-state index is 0.240. The molecule has 0 fully saturated rings. The van der Waals surface area contributed by atoms with E-state index in [4.69, 9.17) is 0 Å². The van der Waals surface area contributed by atoms with Crippen LogP contribution in [0.15, 0.2) is 35.0 Å². The van der Waals surface area contributed by atoms with Crippen LogP contribution >= 0.6 is 11.3 Å². The zero-order valence-electron chi connectivity index (χ0n) is 8.27. The average molecular weight is 222 g/mol. The molecule has 1 N–H and O–H groups in total. The van der Waals surface area contributed by atoms with E-state index in [0.29, 0.717) is 5.56 Å². The van der Waals surface area contributed by atoms with Crippen molar-refractivity contribution in [3.05, 3.63) is 57.5 Å². The van der Waals surface area contributed by atoms with Crippen LogP contribution in [0.4, 0.5) is 4.39 Å². The van der Waals surface area contributed by atoms with Gasteiger partial charge >= 0.3 is 0 Å². The number of benzene rings is 1. The highest BCUT2D eigenvalue weighted by Gasteiger charge is 2.11. The fourth-order valence-electron chi connectivity index (χ4n) is 1.46. The van der Waals surface area contributed by atoms with Crippen molar-refractivity contribution < 1.29 is 9.50 Å². The van der Waals surface area contributed by atoms with Crippen LogP contribution in [0, 0.1) is 12.7 Å². The molecule has 0 aliphatic rings. The van der Waals surface area contributed by atoms with E-state index in [1.165, 1.54) is 17.4 Å². The van der Waals surface area contributed by atoms with Gasteiger partial charge in [-0.05, 0) is 46.5 Å². The van der Waals surface area contributed by atoms with Crippen LogP contribution in [0.2, 0.25) is 0 Å². The third-order valence-electron chi connectivity index (χ3n) is 2.36. The number of thiophene rings is 1. The van der Waals surface area contributed by atoms with Gasteiger partial charge in [0.1, 0.15) is 11.9 Å². The van der Waals surface area contributed by atoms with Gasteiger partial charge < -0.3 is 5.11 Å². The topological polar surface area (TPSA) is 20.2 Å². The monoisotopic (exact) mass is 222 g/mol. The first-order valence-corrected chi connectivity index (χ1v) is 5.59. The van der Waals surface area contributed by atoms with Crippen LogP contribution < -0.4 is 0 Å². The summed E-state index contributed by atoms with van der Waals surface area (Å²) >= 11 is 1.54. The van der Waals surface area contributed by atoms with Gasteiger partial charge in [-0.3, -0.25) is 0 Å². The number of aliphatic hydroxyl groups is 1. The zero-order valence-corrected chi connectivity index (χ0v) is 9.09. The molecular weight excluding hydrogens is 211 g/mol. The molecule has 0 aliphatic carbocycles. The fourth-order valence-corrected chi connectivity index (χ4v) is 2.14. The second-order valence-corrected chi connectivity index (χ2v) is 4.25. The van der Waals surface area contributed by atoms with Crippen LogP contribution in [-0.4, -0.2) is 5.11 Å². The number of rotatable bonds is 2. The summed E-state index contributed by atoms with van der Waals surface area (Å²) < 4.78 is 13.0. The Hall–Kier alpha value is -1.19. The van der Waals surface area contributed by atoms with E-state index in [1.807, 2.05) is 16.8 Å². The summed E-state index contributed by atoms with van der Waals surface area (Å²) in [4.78, 5) is 0.